The van der Waals surface area contributed by atoms with Crippen LogP contribution in [0, 0.1) is 0 Å². The van der Waals surface area contributed by atoms with E-state index < -0.39 is 11.8 Å². The summed E-state index contributed by atoms with van der Waals surface area (Å²) in [4.78, 5) is 27.3. The maximum Gasteiger partial charge on any atom is 0.222 e. The van der Waals surface area contributed by atoms with Crippen LogP contribution in [0.2, 0.25) is 0 Å². The van der Waals surface area contributed by atoms with Crippen molar-refractivity contribution < 1.29 is 9.59 Å². The van der Waals surface area contributed by atoms with Crippen LogP contribution < -0.4 is 9.80 Å². The molecule has 0 aromatic heterocycles. The van der Waals surface area contributed by atoms with Gasteiger partial charge in [0.2, 0.25) is 5.78 Å². The van der Waals surface area contributed by atoms with Gasteiger partial charge in [0.1, 0.15) is 6.04 Å². The molecule has 1 unspecified atom stereocenters. The van der Waals surface area contributed by atoms with Crippen molar-refractivity contribution in [3.63, 3.8) is 0 Å². The van der Waals surface area contributed by atoms with Crippen molar-refractivity contribution >= 4 is 23.4 Å². The summed E-state index contributed by atoms with van der Waals surface area (Å²) in [6, 6.07) is 16.9. The van der Waals surface area contributed by atoms with Crippen LogP contribution in [0.5, 0.6) is 0 Å². The van der Waals surface area contributed by atoms with Gasteiger partial charge in [0.15, 0.2) is 6.29 Å². The number of ketones is 1. The van der Waals surface area contributed by atoms with Crippen LogP contribution >= 0.6 is 0 Å². The van der Waals surface area contributed by atoms with Crippen molar-refractivity contribution in [2.24, 2.45) is 0 Å². The van der Waals surface area contributed by atoms with E-state index in [-0.39, 0.29) is 0 Å². The number of fused-ring (bicyclic) bond motifs is 1. The Labute approximate surface area is 123 Å². The predicted octanol–water partition coefficient (Wildman–Crippen LogP) is 2.41. The third-order valence-corrected chi connectivity index (χ3v) is 3.79. The number of Topliss-reactive ketones (excluding diaryl/α,β-unsaturated/α-hetero) is 1. The Morgan fingerprint density at radius 1 is 1.10 bits per heavy atom. The van der Waals surface area contributed by atoms with Gasteiger partial charge in [0.05, 0.1) is 6.67 Å². The maximum atomic E-state index is 12.2. The molecule has 106 valence electrons. The second-order valence-corrected chi connectivity index (χ2v) is 5.13. The summed E-state index contributed by atoms with van der Waals surface area (Å²) >= 11 is 0. The highest BCUT2D eigenvalue weighted by molar-refractivity contribution is 6.28. The number of rotatable bonds is 3. The molecule has 3 rings (SSSR count). The number of aldehydes is 1. The summed E-state index contributed by atoms with van der Waals surface area (Å²) in [5, 5.41) is 0. The van der Waals surface area contributed by atoms with Crippen LogP contribution in [0.25, 0.3) is 0 Å². The molecule has 21 heavy (non-hydrogen) atoms. The van der Waals surface area contributed by atoms with Crippen LogP contribution in [0.1, 0.15) is 11.6 Å². The van der Waals surface area contributed by atoms with Crippen molar-refractivity contribution in [2.75, 3.05) is 23.5 Å². The first kappa shape index (κ1) is 13.4. The fourth-order valence-corrected chi connectivity index (χ4v) is 2.84. The zero-order valence-corrected chi connectivity index (χ0v) is 11.8. The molecule has 0 saturated carbocycles. The standard InChI is InChI=1S/C17H16N2O2/c1-18-12-19(13-7-3-2-4-8-13)17(16(21)11-20)14-9-5-6-10-15(14)18/h2-11,17H,12H2,1H3. The first-order valence-electron chi connectivity index (χ1n) is 6.83. The van der Waals surface area contributed by atoms with Gasteiger partial charge in [-0.2, -0.15) is 0 Å². The first-order valence-corrected chi connectivity index (χ1v) is 6.83. The van der Waals surface area contributed by atoms with Crippen LogP contribution in [-0.2, 0) is 9.59 Å². The minimum atomic E-state index is -0.558. The highest BCUT2D eigenvalue weighted by atomic mass is 16.2. The molecule has 0 spiro atoms. The van der Waals surface area contributed by atoms with Gasteiger partial charge in [0.25, 0.3) is 0 Å². The molecule has 0 N–H and O–H groups in total. The van der Waals surface area contributed by atoms with Gasteiger partial charge in [-0.3, -0.25) is 9.59 Å². The zero-order chi connectivity index (χ0) is 14.8. The van der Waals surface area contributed by atoms with Gasteiger partial charge >= 0.3 is 0 Å². The summed E-state index contributed by atoms with van der Waals surface area (Å²) in [6.07, 6.45) is 0.419. The van der Waals surface area contributed by atoms with E-state index in [1.54, 1.807) is 0 Å². The average Bonchev–Trinajstić information content (AvgIpc) is 2.55. The Kier molecular flexibility index (Phi) is 3.44. The minimum absolute atomic E-state index is 0.417. The second kappa shape index (κ2) is 5.40. The van der Waals surface area contributed by atoms with E-state index >= 15 is 0 Å². The van der Waals surface area contributed by atoms with Crippen molar-refractivity contribution in [1.82, 2.24) is 0 Å². The quantitative estimate of drug-likeness (QED) is 0.639. The van der Waals surface area contributed by atoms with E-state index in [4.69, 9.17) is 0 Å². The molecule has 1 atom stereocenters. The number of carbonyl (C=O) groups is 2. The fraction of sp³-hybridized carbons (Fsp3) is 0.176. The van der Waals surface area contributed by atoms with Gasteiger partial charge in [-0.15, -0.1) is 0 Å². The Hall–Kier alpha value is -2.62. The summed E-state index contributed by atoms with van der Waals surface area (Å²) in [5.74, 6) is -0.417. The van der Waals surface area contributed by atoms with E-state index in [1.165, 1.54) is 0 Å². The van der Waals surface area contributed by atoms with E-state index in [2.05, 4.69) is 4.90 Å². The monoisotopic (exact) mass is 280 g/mol. The molecule has 1 heterocycles. The van der Waals surface area contributed by atoms with Crippen molar-refractivity contribution in [1.29, 1.82) is 0 Å². The second-order valence-electron chi connectivity index (χ2n) is 5.13. The molecule has 4 heteroatoms. The number of benzene rings is 2. The smallest absolute Gasteiger partial charge is 0.222 e. The van der Waals surface area contributed by atoms with Crippen molar-refractivity contribution in [3.05, 3.63) is 60.2 Å². The lowest BCUT2D eigenvalue weighted by atomic mass is 9.96. The lowest BCUT2D eigenvalue weighted by molar-refractivity contribution is -0.130. The zero-order valence-electron chi connectivity index (χ0n) is 11.8. The number of hydrogen-bond acceptors (Lipinski definition) is 4. The molecule has 2 aromatic carbocycles. The number of hydrogen-bond donors (Lipinski definition) is 0. The Morgan fingerprint density at radius 3 is 2.48 bits per heavy atom. The molecule has 4 nitrogen and oxygen atoms in total. The number of carbonyl (C=O) groups excluding carboxylic acids is 2. The normalized spacial score (nSPS) is 17.3. The van der Waals surface area contributed by atoms with Crippen molar-refractivity contribution in [2.45, 2.75) is 6.04 Å². The van der Waals surface area contributed by atoms with Crippen LogP contribution in [0.15, 0.2) is 54.6 Å². The van der Waals surface area contributed by atoms with Crippen molar-refractivity contribution in [3.8, 4) is 0 Å². The number of para-hydroxylation sites is 2. The molecule has 0 fully saturated rings. The molecule has 1 aliphatic heterocycles. The van der Waals surface area contributed by atoms with E-state index in [0.29, 0.717) is 13.0 Å². The molecular formula is C17H16N2O2. The molecule has 0 saturated heterocycles. The molecular weight excluding hydrogens is 264 g/mol. The number of nitrogens with zero attached hydrogens (tertiary/aromatic N) is 2. The third-order valence-electron chi connectivity index (χ3n) is 3.79. The molecule has 0 amide bonds. The van der Waals surface area contributed by atoms with Crippen LogP contribution in [0.4, 0.5) is 11.4 Å². The molecule has 1 aliphatic rings. The first-order chi connectivity index (χ1) is 10.2. The SMILES string of the molecule is CN1CN(c2ccccc2)C(C(=O)C=O)c2ccccc21. The highest BCUT2D eigenvalue weighted by Crippen LogP contribution is 2.37. The maximum absolute atomic E-state index is 12.2. The molecule has 0 bridgehead atoms. The van der Waals surface area contributed by atoms with Crippen LogP contribution in [-0.4, -0.2) is 25.8 Å². The predicted molar refractivity (Wildman–Crippen MR) is 82.4 cm³/mol. The Bertz CT molecular complexity index is 670. The van der Waals surface area contributed by atoms with E-state index in [9.17, 15) is 9.59 Å². The van der Waals surface area contributed by atoms with E-state index in [1.807, 2.05) is 66.5 Å². The highest BCUT2D eigenvalue weighted by Gasteiger charge is 2.34. The largest absolute Gasteiger partial charge is 0.357 e. The lowest BCUT2D eigenvalue weighted by Gasteiger charge is -2.42. The Balaban J connectivity index is 2.13. The van der Waals surface area contributed by atoms with E-state index in [0.717, 1.165) is 16.9 Å². The molecule has 0 radical (unpaired) electrons. The van der Waals surface area contributed by atoms with Gasteiger partial charge in [-0.05, 0) is 18.2 Å². The summed E-state index contributed by atoms with van der Waals surface area (Å²) < 4.78 is 0. The summed E-state index contributed by atoms with van der Waals surface area (Å²) in [7, 11) is 1.98. The molecule has 2 aromatic rings. The molecule has 0 aliphatic carbocycles. The fourth-order valence-electron chi connectivity index (χ4n) is 2.84. The van der Waals surface area contributed by atoms with Gasteiger partial charge < -0.3 is 9.80 Å². The summed E-state index contributed by atoms with van der Waals surface area (Å²) in [6.45, 7) is 0.561. The number of anilines is 2. The topological polar surface area (TPSA) is 40.6 Å². The van der Waals surface area contributed by atoms with Gasteiger partial charge in [0, 0.05) is 24.0 Å². The average molecular weight is 280 g/mol. The summed E-state index contributed by atoms with van der Waals surface area (Å²) in [5.41, 5.74) is 2.79. The van der Waals surface area contributed by atoms with Gasteiger partial charge in [-0.25, -0.2) is 0 Å². The van der Waals surface area contributed by atoms with Gasteiger partial charge in [-0.1, -0.05) is 36.4 Å². The minimum Gasteiger partial charge on any atom is -0.357 e. The lowest BCUT2D eigenvalue weighted by Crippen LogP contribution is -2.46. The third kappa shape index (κ3) is 2.29. The Morgan fingerprint density at radius 2 is 1.76 bits per heavy atom. The van der Waals surface area contributed by atoms with Crippen LogP contribution in [0.3, 0.4) is 0 Å².